The Morgan fingerprint density at radius 3 is 1.44 bits per heavy atom. The summed E-state index contributed by atoms with van der Waals surface area (Å²) in [5.41, 5.74) is 4.37. The summed E-state index contributed by atoms with van der Waals surface area (Å²) in [5.74, 6) is 8.90. The highest BCUT2D eigenvalue weighted by Crippen LogP contribution is 2.30. The number of hydrogen-bond acceptors (Lipinski definition) is 2. The van der Waals surface area contributed by atoms with Gasteiger partial charge in [0, 0.05) is 22.7 Å². The molecule has 0 atom stereocenters. The number of nitrogens with zero attached hydrogens (tertiary/aromatic N) is 2. The van der Waals surface area contributed by atoms with Crippen LogP contribution < -0.4 is 9.80 Å². The molecule has 3 aromatic carbocycles. The Morgan fingerprint density at radius 1 is 0.630 bits per heavy atom. The second-order valence-corrected chi connectivity index (χ2v) is 5.99. The van der Waals surface area contributed by atoms with Crippen LogP contribution in [0.5, 0.6) is 0 Å². The van der Waals surface area contributed by atoms with Gasteiger partial charge in [-0.1, -0.05) is 48.2 Å². The lowest BCUT2D eigenvalue weighted by molar-refractivity contribution is 1.10. The van der Waals surface area contributed by atoms with Gasteiger partial charge in [0.25, 0.3) is 0 Å². The smallest absolute Gasteiger partial charge is 0.0843 e. The van der Waals surface area contributed by atoms with Crippen LogP contribution in [0.1, 0.15) is 6.92 Å². The normalized spacial score (nSPS) is 9.63. The fourth-order valence-electron chi connectivity index (χ4n) is 2.94. The van der Waals surface area contributed by atoms with Crippen molar-refractivity contribution in [3.05, 3.63) is 84.9 Å². The monoisotopic (exact) mass is 350 g/mol. The minimum absolute atomic E-state index is 0.521. The maximum atomic E-state index is 5.60. The Labute approximate surface area is 162 Å². The molecule has 0 N–H and O–H groups in total. The third-order valence-electron chi connectivity index (χ3n) is 4.27. The summed E-state index contributed by atoms with van der Waals surface area (Å²) in [6.07, 6.45) is 5.60. The number of rotatable bonds is 6. The lowest BCUT2D eigenvalue weighted by atomic mass is 10.2. The van der Waals surface area contributed by atoms with E-state index in [1.807, 2.05) is 43.3 Å². The molecule has 0 heterocycles. The first kappa shape index (κ1) is 18.2. The fraction of sp³-hybridized carbons (Fsp3) is 0.120. The van der Waals surface area contributed by atoms with Gasteiger partial charge in [-0.25, -0.2) is 0 Å². The SMILES string of the molecule is C#CCN(c1ccccc1)c1ccc(N(CC#CC)c2ccccc2)cc1. The molecular weight excluding hydrogens is 328 g/mol. The Hall–Kier alpha value is -3.62. The maximum absolute atomic E-state index is 5.60. The molecule has 0 fully saturated rings. The number of hydrogen-bond donors (Lipinski definition) is 0. The van der Waals surface area contributed by atoms with Gasteiger partial charge < -0.3 is 9.80 Å². The molecular formula is C25H22N2. The predicted molar refractivity (Wildman–Crippen MR) is 116 cm³/mol. The summed E-state index contributed by atoms with van der Waals surface area (Å²) in [6, 6.07) is 28.9. The zero-order valence-electron chi connectivity index (χ0n) is 15.5. The Morgan fingerprint density at radius 2 is 1.04 bits per heavy atom. The molecule has 27 heavy (non-hydrogen) atoms. The standard InChI is InChI=1S/C25H22N2/c1-3-5-21-27(23-14-10-7-11-15-23)25-18-16-24(17-19-25)26(20-4-2)22-12-8-6-9-13-22/h2,6-19H,20-21H2,1H3. The molecule has 0 spiro atoms. The second kappa shape index (κ2) is 9.18. The zero-order chi connectivity index (χ0) is 18.9. The van der Waals surface area contributed by atoms with Crippen LogP contribution in [0.4, 0.5) is 22.7 Å². The summed E-state index contributed by atoms with van der Waals surface area (Å²) in [6.45, 7) is 3.03. The topological polar surface area (TPSA) is 6.48 Å². The molecule has 0 aromatic heterocycles. The molecule has 0 amide bonds. The van der Waals surface area contributed by atoms with Crippen LogP contribution in [0.15, 0.2) is 84.9 Å². The van der Waals surface area contributed by atoms with Gasteiger partial charge in [-0.3, -0.25) is 0 Å². The lowest BCUT2D eigenvalue weighted by Crippen LogP contribution is -2.19. The molecule has 132 valence electrons. The summed E-state index contributed by atoms with van der Waals surface area (Å²) in [4.78, 5) is 4.33. The molecule has 3 rings (SSSR count). The van der Waals surface area contributed by atoms with Crippen molar-refractivity contribution >= 4 is 22.7 Å². The molecule has 2 heteroatoms. The van der Waals surface area contributed by atoms with E-state index in [0.717, 1.165) is 22.7 Å². The molecule has 0 aliphatic rings. The van der Waals surface area contributed by atoms with Crippen LogP contribution >= 0.6 is 0 Å². The third-order valence-corrected chi connectivity index (χ3v) is 4.27. The van der Waals surface area contributed by atoms with Gasteiger partial charge in [-0.15, -0.1) is 12.3 Å². The Bertz CT molecular complexity index is 942. The quantitative estimate of drug-likeness (QED) is 0.532. The van der Waals surface area contributed by atoms with E-state index in [4.69, 9.17) is 6.42 Å². The van der Waals surface area contributed by atoms with Crippen LogP contribution in [-0.2, 0) is 0 Å². The first-order valence-corrected chi connectivity index (χ1v) is 8.92. The zero-order valence-corrected chi connectivity index (χ0v) is 15.5. The minimum atomic E-state index is 0.521. The van der Waals surface area contributed by atoms with Crippen LogP contribution in [0, 0.1) is 24.2 Å². The maximum Gasteiger partial charge on any atom is 0.0843 e. The van der Waals surface area contributed by atoms with Gasteiger partial charge in [0.15, 0.2) is 0 Å². The van der Waals surface area contributed by atoms with Gasteiger partial charge in [-0.2, -0.15) is 0 Å². The van der Waals surface area contributed by atoms with E-state index in [1.165, 1.54) is 0 Å². The van der Waals surface area contributed by atoms with E-state index >= 15 is 0 Å². The van der Waals surface area contributed by atoms with Gasteiger partial charge in [0.1, 0.15) is 0 Å². The van der Waals surface area contributed by atoms with E-state index in [9.17, 15) is 0 Å². The molecule has 0 bridgehead atoms. The van der Waals surface area contributed by atoms with Crippen LogP contribution in [0.2, 0.25) is 0 Å². The van der Waals surface area contributed by atoms with E-state index in [0.29, 0.717) is 13.1 Å². The highest BCUT2D eigenvalue weighted by molar-refractivity contribution is 5.70. The second-order valence-electron chi connectivity index (χ2n) is 5.99. The minimum Gasteiger partial charge on any atom is -0.330 e. The average molecular weight is 350 g/mol. The van der Waals surface area contributed by atoms with Crippen molar-refractivity contribution in [3.8, 4) is 24.2 Å². The summed E-state index contributed by atoms with van der Waals surface area (Å²) in [7, 11) is 0. The van der Waals surface area contributed by atoms with Gasteiger partial charge >= 0.3 is 0 Å². The molecule has 2 nitrogen and oxygen atoms in total. The van der Waals surface area contributed by atoms with Gasteiger partial charge in [-0.05, 0) is 55.5 Å². The molecule has 0 radical (unpaired) electrons. The predicted octanol–water partition coefficient (Wildman–Crippen LogP) is 5.62. The highest BCUT2D eigenvalue weighted by atomic mass is 15.1. The van der Waals surface area contributed by atoms with Crippen molar-refractivity contribution in [2.24, 2.45) is 0 Å². The lowest BCUT2D eigenvalue weighted by Gasteiger charge is -2.26. The van der Waals surface area contributed by atoms with Crippen molar-refractivity contribution < 1.29 is 0 Å². The first-order valence-electron chi connectivity index (χ1n) is 8.92. The Balaban J connectivity index is 1.92. The molecule has 0 saturated carbocycles. The van der Waals surface area contributed by atoms with Crippen molar-refractivity contribution in [1.82, 2.24) is 0 Å². The molecule has 0 aliphatic carbocycles. The molecule has 0 saturated heterocycles. The molecule has 0 unspecified atom stereocenters. The molecule has 3 aromatic rings. The number of anilines is 4. The first-order chi connectivity index (χ1) is 13.3. The van der Waals surface area contributed by atoms with Crippen molar-refractivity contribution in [1.29, 1.82) is 0 Å². The van der Waals surface area contributed by atoms with E-state index < -0.39 is 0 Å². The van der Waals surface area contributed by atoms with Crippen LogP contribution in [-0.4, -0.2) is 13.1 Å². The number of benzene rings is 3. The summed E-state index contributed by atoms with van der Waals surface area (Å²) in [5, 5.41) is 0. The Kier molecular flexibility index (Phi) is 6.18. The van der Waals surface area contributed by atoms with Crippen LogP contribution in [0.25, 0.3) is 0 Å². The number of para-hydroxylation sites is 2. The van der Waals surface area contributed by atoms with E-state index in [2.05, 4.69) is 76.1 Å². The van der Waals surface area contributed by atoms with Gasteiger partial charge in [0.05, 0.1) is 13.1 Å². The van der Waals surface area contributed by atoms with E-state index in [-0.39, 0.29) is 0 Å². The van der Waals surface area contributed by atoms with E-state index in [1.54, 1.807) is 0 Å². The summed E-state index contributed by atoms with van der Waals surface area (Å²) < 4.78 is 0. The average Bonchev–Trinajstić information content (AvgIpc) is 2.74. The molecule has 0 aliphatic heterocycles. The van der Waals surface area contributed by atoms with Crippen molar-refractivity contribution in [2.75, 3.05) is 22.9 Å². The fourth-order valence-corrected chi connectivity index (χ4v) is 2.94. The highest BCUT2D eigenvalue weighted by Gasteiger charge is 2.11. The summed E-state index contributed by atoms with van der Waals surface area (Å²) >= 11 is 0. The van der Waals surface area contributed by atoms with Crippen molar-refractivity contribution in [2.45, 2.75) is 6.92 Å². The van der Waals surface area contributed by atoms with Gasteiger partial charge in [0.2, 0.25) is 0 Å². The number of terminal acetylenes is 1. The largest absolute Gasteiger partial charge is 0.330 e. The van der Waals surface area contributed by atoms with Crippen LogP contribution in [0.3, 0.4) is 0 Å². The third kappa shape index (κ3) is 4.51. The van der Waals surface area contributed by atoms with Crippen molar-refractivity contribution in [3.63, 3.8) is 0 Å².